The van der Waals surface area contributed by atoms with E-state index in [0.717, 1.165) is 6.26 Å². The zero-order valence-corrected chi connectivity index (χ0v) is 5.72. The number of aliphatic hydroxyl groups is 2. The van der Waals surface area contributed by atoms with Crippen molar-refractivity contribution in [2.24, 2.45) is 0 Å². The first-order chi connectivity index (χ1) is 3.92. The molecule has 0 amide bonds. The van der Waals surface area contributed by atoms with Crippen LogP contribution in [-0.4, -0.2) is 37.7 Å². The van der Waals surface area contributed by atoms with Gasteiger partial charge in [0.25, 0.3) is 0 Å². The second-order valence-corrected chi connectivity index (χ2v) is 3.43. The molecular weight excluding hydrogens is 146 g/mol. The average molecular weight is 155 g/mol. The lowest BCUT2D eigenvalue weighted by Gasteiger charge is -2.01. The number of nitrogens with one attached hydrogen (secondary N) is 1. The van der Waals surface area contributed by atoms with E-state index in [2.05, 4.69) is 0 Å². The fourth-order valence-electron chi connectivity index (χ4n) is 0.226. The predicted molar refractivity (Wildman–Crippen MR) is 31.1 cm³/mol. The van der Waals surface area contributed by atoms with Crippen LogP contribution in [0.15, 0.2) is 0 Å². The molecule has 5 nitrogen and oxygen atoms in total. The van der Waals surface area contributed by atoms with Crippen molar-refractivity contribution in [1.82, 2.24) is 4.72 Å². The molecule has 0 fully saturated rings. The molecule has 0 aliphatic carbocycles. The first-order valence-electron chi connectivity index (χ1n) is 2.22. The van der Waals surface area contributed by atoms with Gasteiger partial charge in [0.1, 0.15) is 0 Å². The molecule has 3 N–H and O–H groups in total. The topological polar surface area (TPSA) is 86.6 Å². The van der Waals surface area contributed by atoms with Crippen molar-refractivity contribution in [3.05, 3.63) is 0 Å². The van der Waals surface area contributed by atoms with Crippen LogP contribution in [0.4, 0.5) is 0 Å². The molecule has 0 saturated heterocycles. The normalized spacial score (nSPS) is 12.4. The zero-order chi connectivity index (χ0) is 7.49. The van der Waals surface area contributed by atoms with E-state index in [-0.39, 0.29) is 6.54 Å². The Balaban J connectivity index is 3.53. The van der Waals surface area contributed by atoms with Crippen molar-refractivity contribution in [1.29, 1.82) is 0 Å². The third-order valence-electron chi connectivity index (χ3n) is 0.528. The molecule has 0 aliphatic heterocycles. The van der Waals surface area contributed by atoms with Gasteiger partial charge in [-0.25, -0.2) is 13.1 Å². The summed E-state index contributed by atoms with van der Waals surface area (Å²) in [5, 5.41) is 16.3. The van der Waals surface area contributed by atoms with Crippen LogP contribution in [0.25, 0.3) is 0 Å². The lowest BCUT2D eigenvalue weighted by molar-refractivity contribution is -0.0335. The van der Waals surface area contributed by atoms with Gasteiger partial charge in [-0.15, -0.1) is 0 Å². The number of hydrogen-bond acceptors (Lipinski definition) is 4. The van der Waals surface area contributed by atoms with Gasteiger partial charge in [-0.05, 0) is 0 Å². The van der Waals surface area contributed by atoms with Crippen molar-refractivity contribution in [3.63, 3.8) is 0 Å². The van der Waals surface area contributed by atoms with E-state index in [9.17, 15) is 8.42 Å². The molecule has 0 bridgehead atoms. The monoisotopic (exact) mass is 155 g/mol. The molecule has 0 aromatic rings. The number of aliphatic hydroxyl groups excluding tert-OH is 1. The van der Waals surface area contributed by atoms with Crippen LogP contribution >= 0.6 is 0 Å². The van der Waals surface area contributed by atoms with Gasteiger partial charge in [0.2, 0.25) is 10.0 Å². The van der Waals surface area contributed by atoms with Crippen LogP contribution in [0.2, 0.25) is 0 Å². The van der Waals surface area contributed by atoms with Crippen LogP contribution < -0.4 is 4.72 Å². The molecule has 0 heterocycles. The van der Waals surface area contributed by atoms with Crippen LogP contribution in [0.5, 0.6) is 0 Å². The number of hydrogen-bond donors (Lipinski definition) is 3. The molecule has 0 aromatic heterocycles. The molecule has 56 valence electrons. The molecule has 0 atom stereocenters. The molecule has 0 unspecified atom stereocenters. The number of rotatable bonds is 3. The van der Waals surface area contributed by atoms with E-state index >= 15 is 0 Å². The van der Waals surface area contributed by atoms with Crippen molar-refractivity contribution >= 4 is 10.0 Å². The summed E-state index contributed by atoms with van der Waals surface area (Å²) in [4.78, 5) is 0. The van der Waals surface area contributed by atoms with Gasteiger partial charge in [0.05, 0.1) is 12.8 Å². The minimum atomic E-state index is -3.29. The Labute approximate surface area is 53.4 Å². The van der Waals surface area contributed by atoms with Crippen molar-refractivity contribution in [2.75, 3.05) is 12.8 Å². The SMILES string of the molecule is CS(=O)(=O)NCC(O)O. The van der Waals surface area contributed by atoms with E-state index in [1.165, 1.54) is 0 Å². The molecule has 0 aromatic carbocycles. The van der Waals surface area contributed by atoms with E-state index < -0.39 is 16.3 Å². The van der Waals surface area contributed by atoms with Gasteiger partial charge in [0.15, 0.2) is 6.29 Å². The third-order valence-corrected chi connectivity index (χ3v) is 1.22. The predicted octanol–water partition coefficient (Wildman–Crippen LogP) is -2.15. The van der Waals surface area contributed by atoms with Crippen LogP contribution in [0.1, 0.15) is 0 Å². The fourth-order valence-corrected chi connectivity index (χ4v) is 0.678. The summed E-state index contributed by atoms with van der Waals surface area (Å²) < 4.78 is 22.3. The minimum Gasteiger partial charge on any atom is -0.367 e. The van der Waals surface area contributed by atoms with Crippen LogP contribution in [0.3, 0.4) is 0 Å². The molecule has 0 rings (SSSR count). The highest BCUT2D eigenvalue weighted by molar-refractivity contribution is 7.88. The maximum atomic E-state index is 10.2. The summed E-state index contributed by atoms with van der Waals surface area (Å²) in [5.74, 6) is 0. The molecule has 0 saturated carbocycles. The first-order valence-corrected chi connectivity index (χ1v) is 4.12. The lowest BCUT2D eigenvalue weighted by atomic mass is 10.7. The van der Waals surface area contributed by atoms with E-state index in [1.54, 1.807) is 0 Å². The van der Waals surface area contributed by atoms with E-state index in [1.807, 2.05) is 4.72 Å². The van der Waals surface area contributed by atoms with Crippen molar-refractivity contribution in [3.8, 4) is 0 Å². The quantitative estimate of drug-likeness (QED) is 0.405. The van der Waals surface area contributed by atoms with Gasteiger partial charge in [0, 0.05) is 0 Å². The van der Waals surface area contributed by atoms with Crippen LogP contribution in [0, 0.1) is 0 Å². The Hall–Kier alpha value is -0.170. The largest absolute Gasteiger partial charge is 0.367 e. The Kier molecular flexibility index (Phi) is 3.06. The van der Waals surface area contributed by atoms with E-state index in [0.29, 0.717) is 0 Å². The maximum absolute atomic E-state index is 10.2. The Morgan fingerprint density at radius 2 is 2.00 bits per heavy atom. The van der Waals surface area contributed by atoms with Gasteiger partial charge < -0.3 is 10.2 Å². The average Bonchev–Trinajstić information content (AvgIpc) is 1.59. The molecule has 9 heavy (non-hydrogen) atoms. The second kappa shape index (κ2) is 3.11. The Bertz CT molecular complexity index is 161. The van der Waals surface area contributed by atoms with Gasteiger partial charge in [-0.3, -0.25) is 0 Å². The minimum absolute atomic E-state index is 0.362. The summed E-state index contributed by atoms with van der Waals surface area (Å²) in [6.45, 7) is -0.362. The highest BCUT2D eigenvalue weighted by atomic mass is 32.2. The molecule has 0 radical (unpaired) electrons. The van der Waals surface area contributed by atoms with Gasteiger partial charge in [-0.2, -0.15) is 0 Å². The van der Waals surface area contributed by atoms with Gasteiger partial charge >= 0.3 is 0 Å². The summed E-state index contributed by atoms with van der Waals surface area (Å²) in [6, 6.07) is 0. The lowest BCUT2D eigenvalue weighted by Crippen LogP contribution is -2.30. The number of sulfonamides is 1. The van der Waals surface area contributed by atoms with Crippen molar-refractivity contribution < 1.29 is 18.6 Å². The zero-order valence-electron chi connectivity index (χ0n) is 4.90. The first kappa shape index (κ1) is 8.83. The molecule has 0 spiro atoms. The fraction of sp³-hybridized carbons (Fsp3) is 1.00. The molecule has 6 heteroatoms. The summed E-state index contributed by atoms with van der Waals surface area (Å²) in [6.07, 6.45) is -0.685. The molecule has 0 aliphatic rings. The van der Waals surface area contributed by atoms with Crippen LogP contribution in [-0.2, 0) is 10.0 Å². The van der Waals surface area contributed by atoms with E-state index in [4.69, 9.17) is 10.2 Å². The summed E-state index contributed by atoms with van der Waals surface area (Å²) in [5.41, 5.74) is 0. The second-order valence-electron chi connectivity index (χ2n) is 1.60. The van der Waals surface area contributed by atoms with Crippen molar-refractivity contribution in [2.45, 2.75) is 6.29 Å². The standard InChI is InChI=1S/C3H9NO4S/c1-9(7,8)4-2-3(5)6/h3-6H,2H2,1H3. The highest BCUT2D eigenvalue weighted by Crippen LogP contribution is 1.74. The molecular formula is C3H9NO4S. The third kappa shape index (κ3) is 7.83. The van der Waals surface area contributed by atoms with Gasteiger partial charge in [-0.1, -0.05) is 0 Å². The summed E-state index contributed by atoms with van der Waals surface area (Å²) >= 11 is 0. The highest BCUT2D eigenvalue weighted by Gasteiger charge is 2.02. The Morgan fingerprint density at radius 3 is 2.11 bits per heavy atom. The maximum Gasteiger partial charge on any atom is 0.208 e. The smallest absolute Gasteiger partial charge is 0.208 e. The summed E-state index contributed by atoms with van der Waals surface area (Å²) in [7, 11) is -3.29. The Morgan fingerprint density at radius 1 is 1.56 bits per heavy atom.